The molecule has 0 aliphatic carbocycles. The van der Waals surface area contributed by atoms with E-state index in [1.165, 1.54) is 16.9 Å². The number of halogens is 3. The predicted octanol–water partition coefficient (Wildman–Crippen LogP) is 5.23. The van der Waals surface area contributed by atoms with Crippen LogP contribution in [0.3, 0.4) is 0 Å². The first kappa shape index (κ1) is 17.6. The van der Waals surface area contributed by atoms with Gasteiger partial charge in [0.25, 0.3) is 5.91 Å². The number of amides is 1. The molecule has 0 atom stereocenters. The molecule has 1 heterocycles. The van der Waals surface area contributed by atoms with Gasteiger partial charge in [0.2, 0.25) is 0 Å². The number of hydrogen-bond acceptors (Lipinski definition) is 3. The highest BCUT2D eigenvalue weighted by atomic mass is 79.9. The van der Waals surface area contributed by atoms with Crippen molar-refractivity contribution in [2.75, 3.05) is 5.32 Å². The summed E-state index contributed by atoms with van der Waals surface area (Å²) in [6.45, 7) is 0. The molecule has 27 heavy (non-hydrogen) atoms. The van der Waals surface area contributed by atoms with E-state index >= 15 is 0 Å². The number of carbonyl (C=O) groups excluding carboxylic acids is 1. The molecule has 4 rings (SSSR count). The number of fused-ring (bicyclic) bond motifs is 1. The average molecular weight is 446 g/mol. The summed E-state index contributed by atoms with van der Waals surface area (Å²) in [6, 6.07) is 16.1. The number of nitrogens with zero attached hydrogens (tertiary/aromatic N) is 3. The topological polar surface area (TPSA) is 59.8 Å². The molecule has 1 aromatic heterocycles. The monoisotopic (exact) mass is 444 g/mol. The average Bonchev–Trinajstić information content (AvgIpc) is 3.07. The third-order valence-corrected chi connectivity index (χ3v) is 4.69. The Kier molecular flexibility index (Phi) is 4.63. The minimum absolute atomic E-state index is 0.327. The zero-order chi connectivity index (χ0) is 19.0. The highest BCUT2D eigenvalue weighted by molar-refractivity contribution is 9.10. The Labute approximate surface area is 166 Å². The fraction of sp³-hybridized carbons (Fsp3) is 0. The number of rotatable bonds is 3. The van der Waals surface area contributed by atoms with Crippen LogP contribution < -0.4 is 5.32 Å². The Hall–Kier alpha value is -2.77. The number of hydrogen-bond donors (Lipinski definition) is 1. The Morgan fingerprint density at radius 3 is 2.52 bits per heavy atom. The van der Waals surface area contributed by atoms with Gasteiger partial charge in [-0.05, 0) is 60.7 Å². The molecule has 0 bridgehead atoms. The lowest BCUT2D eigenvalue weighted by atomic mass is 10.2. The predicted molar refractivity (Wildman–Crippen MR) is 106 cm³/mol. The first-order valence-corrected chi connectivity index (χ1v) is 9.06. The second kappa shape index (κ2) is 7.09. The van der Waals surface area contributed by atoms with Crippen LogP contribution in [0.5, 0.6) is 0 Å². The van der Waals surface area contributed by atoms with E-state index in [0.29, 0.717) is 33.0 Å². The van der Waals surface area contributed by atoms with Crippen LogP contribution in [0.1, 0.15) is 10.4 Å². The van der Waals surface area contributed by atoms with Crippen molar-refractivity contribution in [3.8, 4) is 5.69 Å². The summed E-state index contributed by atoms with van der Waals surface area (Å²) in [6.07, 6.45) is 0. The van der Waals surface area contributed by atoms with Crippen molar-refractivity contribution in [3.63, 3.8) is 0 Å². The molecule has 1 amide bonds. The molecule has 5 nitrogen and oxygen atoms in total. The molecule has 1 N–H and O–H groups in total. The maximum absolute atomic E-state index is 13.1. The minimum Gasteiger partial charge on any atom is -0.322 e. The molecule has 0 saturated carbocycles. The number of nitrogens with one attached hydrogen (secondary N) is 1. The first-order chi connectivity index (χ1) is 13.0. The van der Waals surface area contributed by atoms with E-state index in [0.717, 1.165) is 4.47 Å². The third-order valence-electron chi connectivity index (χ3n) is 3.87. The maximum Gasteiger partial charge on any atom is 0.257 e. The molecule has 4 aromatic rings. The fourth-order valence-corrected chi connectivity index (χ4v) is 3.12. The Morgan fingerprint density at radius 2 is 1.74 bits per heavy atom. The normalized spacial score (nSPS) is 10.9. The van der Waals surface area contributed by atoms with Crippen LogP contribution in [0.15, 0.2) is 65.1 Å². The van der Waals surface area contributed by atoms with Crippen molar-refractivity contribution >= 4 is 50.2 Å². The van der Waals surface area contributed by atoms with Gasteiger partial charge in [0.05, 0.1) is 16.3 Å². The van der Waals surface area contributed by atoms with E-state index in [-0.39, 0.29) is 11.7 Å². The molecule has 0 unspecified atom stereocenters. The van der Waals surface area contributed by atoms with Crippen LogP contribution in [0.25, 0.3) is 16.7 Å². The zero-order valence-corrected chi connectivity index (χ0v) is 16.0. The summed E-state index contributed by atoms with van der Waals surface area (Å²) < 4.78 is 13.8. The van der Waals surface area contributed by atoms with E-state index in [9.17, 15) is 9.18 Å². The zero-order valence-electron chi connectivity index (χ0n) is 13.7. The summed E-state index contributed by atoms with van der Waals surface area (Å²) in [7, 11) is 0. The Bertz CT molecular complexity index is 1160. The van der Waals surface area contributed by atoms with Crippen LogP contribution in [0.4, 0.5) is 10.1 Å². The van der Waals surface area contributed by atoms with Gasteiger partial charge in [-0.25, -0.2) is 4.39 Å². The van der Waals surface area contributed by atoms with Gasteiger partial charge in [0.1, 0.15) is 16.9 Å². The fourth-order valence-electron chi connectivity index (χ4n) is 2.55. The lowest BCUT2D eigenvalue weighted by Gasteiger charge is -2.07. The van der Waals surface area contributed by atoms with Crippen LogP contribution in [0.2, 0.25) is 5.02 Å². The van der Waals surface area contributed by atoms with E-state index in [2.05, 4.69) is 31.4 Å². The quantitative estimate of drug-likeness (QED) is 0.470. The molecule has 0 aliphatic rings. The van der Waals surface area contributed by atoms with Gasteiger partial charge < -0.3 is 5.32 Å². The van der Waals surface area contributed by atoms with Gasteiger partial charge in [-0.1, -0.05) is 27.5 Å². The largest absolute Gasteiger partial charge is 0.322 e. The Morgan fingerprint density at radius 1 is 1.00 bits per heavy atom. The molecule has 8 heteroatoms. The van der Waals surface area contributed by atoms with E-state index < -0.39 is 0 Å². The molecular weight excluding hydrogens is 435 g/mol. The maximum atomic E-state index is 13.1. The summed E-state index contributed by atoms with van der Waals surface area (Å²) in [5, 5.41) is 11.9. The van der Waals surface area contributed by atoms with Crippen LogP contribution in [0, 0.1) is 5.82 Å². The van der Waals surface area contributed by atoms with Crippen molar-refractivity contribution in [1.82, 2.24) is 15.0 Å². The van der Waals surface area contributed by atoms with Crippen molar-refractivity contribution in [1.29, 1.82) is 0 Å². The van der Waals surface area contributed by atoms with Crippen LogP contribution in [-0.2, 0) is 0 Å². The van der Waals surface area contributed by atoms with Crippen molar-refractivity contribution in [3.05, 3.63) is 81.5 Å². The summed E-state index contributed by atoms with van der Waals surface area (Å²) in [5.41, 5.74) is 2.81. The minimum atomic E-state index is -0.327. The SMILES string of the molecule is O=C(Nc1ccc2nn(-c3ccc(F)cc3)nc2c1)c1cc(Br)ccc1Cl. The van der Waals surface area contributed by atoms with Crippen LogP contribution in [-0.4, -0.2) is 20.9 Å². The molecule has 0 radical (unpaired) electrons. The number of benzene rings is 3. The number of anilines is 1. The van der Waals surface area contributed by atoms with Gasteiger partial charge in [-0.3, -0.25) is 4.79 Å². The van der Waals surface area contributed by atoms with E-state index in [1.54, 1.807) is 48.5 Å². The van der Waals surface area contributed by atoms with E-state index in [4.69, 9.17) is 11.6 Å². The second-order valence-corrected chi connectivity index (χ2v) is 7.07. The van der Waals surface area contributed by atoms with Gasteiger partial charge in [0.15, 0.2) is 0 Å². The first-order valence-electron chi connectivity index (χ1n) is 7.89. The van der Waals surface area contributed by atoms with Gasteiger partial charge in [0, 0.05) is 10.2 Å². The van der Waals surface area contributed by atoms with Crippen LogP contribution >= 0.6 is 27.5 Å². The lowest BCUT2D eigenvalue weighted by molar-refractivity contribution is 0.102. The Balaban J connectivity index is 1.62. The van der Waals surface area contributed by atoms with Crippen molar-refractivity contribution in [2.45, 2.75) is 0 Å². The molecule has 0 fully saturated rings. The summed E-state index contributed by atoms with van der Waals surface area (Å²) >= 11 is 9.43. The van der Waals surface area contributed by atoms with Gasteiger partial charge in [-0.2, -0.15) is 4.80 Å². The molecule has 0 spiro atoms. The molecule has 0 saturated heterocycles. The highest BCUT2D eigenvalue weighted by Gasteiger charge is 2.12. The summed E-state index contributed by atoms with van der Waals surface area (Å²) in [4.78, 5) is 13.9. The van der Waals surface area contributed by atoms with Crippen molar-refractivity contribution in [2.24, 2.45) is 0 Å². The van der Waals surface area contributed by atoms with E-state index in [1.807, 2.05) is 0 Å². The number of carbonyl (C=O) groups is 1. The second-order valence-electron chi connectivity index (χ2n) is 5.75. The molecule has 0 aliphatic heterocycles. The van der Waals surface area contributed by atoms with Gasteiger partial charge in [-0.15, -0.1) is 10.2 Å². The smallest absolute Gasteiger partial charge is 0.257 e. The highest BCUT2D eigenvalue weighted by Crippen LogP contribution is 2.23. The third kappa shape index (κ3) is 3.70. The summed E-state index contributed by atoms with van der Waals surface area (Å²) in [5.74, 6) is -0.654. The lowest BCUT2D eigenvalue weighted by Crippen LogP contribution is -2.12. The standard InChI is InChI=1S/C19H11BrClFN4O/c20-11-1-7-16(21)15(9-11)19(27)23-13-4-8-17-18(10-13)25-26(24-17)14-5-2-12(22)3-6-14/h1-10H,(H,23,27). The molecular formula is C19H11BrClFN4O. The van der Waals surface area contributed by atoms with Gasteiger partial charge >= 0.3 is 0 Å². The molecule has 134 valence electrons. The number of aromatic nitrogens is 3. The van der Waals surface area contributed by atoms with Crippen molar-refractivity contribution < 1.29 is 9.18 Å². The molecule has 3 aromatic carbocycles.